The maximum atomic E-state index is 12.8. The fourth-order valence-electron chi connectivity index (χ4n) is 2.63. The van der Waals surface area contributed by atoms with Crippen LogP contribution in [0.25, 0.3) is 0 Å². The van der Waals surface area contributed by atoms with Crippen molar-refractivity contribution in [2.75, 3.05) is 39.3 Å². The first kappa shape index (κ1) is 17.4. The number of piperazine rings is 1. The third-order valence-corrected chi connectivity index (χ3v) is 4.12. The van der Waals surface area contributed by atoms with E-state index in [1.165, 1.54) is 12.1 Å². The van der Waals surface area contributed by atoms with Crippen LogP contribution in [-0.2, 0) is 16.0 Å². The molecule has 0 aromatic heterocycles. The van der Waals surface area contributed by atoms with Gasteiger partial charge in [0.05, 0.1) is 0 Å². The third kappa shape index (κ3) is 5.98. The number of hydrogen-bond donors (Lipinski definition) is 1. The van der Waals surface area contributed by atoms with Gasteiger partial charge in [0.1, 0.15) is 5.82 Å². The Bertz CT molecular complexity index is 525. The quantitative estimate of drug-likeness (QED) is 0.852. The van der Waals surface area contributed by atoms with Crippen molar-refractivity contribution in [3.05, 3.63) is 35.6 Å². The Labute approximate surface area is 136 Å². The Morgan fingerprint density at radius 2 is 1.78 bits per heavy atom. The summed E-state index contributed by atoms with van der Waals surface area (Å²) >= 11 is 0. The number of halogens is 1. The molecule has 0 aliphatic carbocycles. The molecule has 126 valence electrons. The van der Waals surface area contributed by atoms with E-state index in [0.717, 1.165) is 31.7 Å². The van der Waals surface area contributed by atoms with Crippen molar-refractivity contribution in [3.8, 4) is 0 Å². The molecule has 0 radical (unpaired) electrons. The molecular formula is C17H24FN3O2. The highest BCUT2D eigenvalue weighted by atomic mass is 19.1. The highest BCUT2D eigenvalue weighted by molar-refractivity contribution is 5.76. The van der Waals surface area contributed by atoms with Crippen LogP contribution < -0.4 is 5.32 Å². The van der Waals surface area contributed by atoms with Crippen LogP contribution in [0, 0.1) is 5.82 Å². The van der Waals surface area contributed by atoms with Crippen molar-refractivity contribution < 1.29 is 14.0 Å². The van der Waals surface area contributed by atoms with Gasteiger partial charge < -0.3 is 10.2 Å². The summed E-state index contributed by atoms with van der Waals surface area (Å²) in [5, 5.41) is 2.89. The molecule has 0 spiro atoms. The predicted molar refractivity (Wildman–Crippen MR) is 86.4 cm³/mol. The number of nitrogens with one attached hydrogen (secondary N) is 1. The van der Waals surface area contributed by atoms with Crippen LogP contribution in [0.1, 0.15) is 18.9 Å². The van der Waals surface area contributed by atoms with Gasteiger partial charge in [0.25, 0.3) is 0 Å². The molecule has 23 heavy (non-hydrogen) atoms. The van der Waals surface area contributed by atoms with Crippen LogP contribution in [0.5, 0.6) is 0 Å². The van der Waals surface area contributed by atoms with Gasteiger partial charge in [-0.15, -0.1) is 0 Å². The number of nitrogens with zero attached hydrogens (tertiary/aromatic N) is 2. The summed E-state index contributed by atoms with van der Waals surface area (Å²) in [5.41, 5.74) is 1.01. The van der Waals surface area contributed by atoms with E-state index in [0.29, 0.717) is 25.9 Å². The molecule has 2 rings (SSSR count). The third-order valence-electron chi connectivity index (χ3n) is 4.12. The number of carbonyl (C=O) groups excluding carboxylic acids is 2. The Hall–Kier alpha value is -1.95. The average Bonchev–Trinajstić information content (AvgIpc) is 2.55. The fourth-order valence-corrected chi connectivity index (χ4v) is 2.63. The first-order chi connectivity index (χ1) is 11.0. The monoisotopic (exact) mass is 321 g/mol. The Kier molecular flexibility index (Phi) is 6.52. The zero-order valence-electron chi connectivity index (χ0n) is 13.6. The minimum atomic E-state index is -0.248. The summed E-state index contributed by atoms with van der Waals surface area (Å²) in [6.45, 7) is 5.98. The van der Waals surface area contributed by atoms with E-state index in [-0.39, 0.29) is 17.6 Å². The van der Waals surface area contributed by atoms with Gasteiger partial charge in [0, 0.05) is 52.6 Å². The molecular weight excluding hydrogens is 297 g/mol. The molecule has 0 bridgehead atoms. The van der Waals surface area contributed by atoms with E-state index in [9.17, 15) is 14.0 Å². The van der Waals surface area contributed by atoms with E-state index in [1.807, 2.05) is 4.90 Å². The van der Waals surface area contributed by atoms with Crippen molar-refractivity contribution in [3.63, 3.8) is 0 Å². The maximum Gasteiger partial charge on any atom is 0.221 e. The van der Waals surface area contributed by atoms with Crippen LogP contribution in [0.2, 0.25) is 0 Å². The minimum absolute atomic E-state index is 0.0288. The van der Waals surface area contributed by atoms with E-state index in [1.54, 1.807) is 19.1 Å². The lowest BCUT2D eigenvalue weighted by molar-refractivity contribution is -0.131. The lowest BCUT2D eigenvalue weighted by Gasteiger charge is -2.34. The predicted octanol–water partition coefficient (Wildman–Crippen LogP) is 1.04. The minimum Gasteiger partial charge on any atom is -0.356 e. The van der Waals surface area contributed by atoms with Crippen LogP contribution >= 0.6 is 0 Å². The van der Waals surface area contributed by atoms with Gasteiger partial charge >= 0.3 is 0 Å². The number of carbonyl (C=O) groups is 2. The number of amides is 2. The highest BCUT2D eigenvalue weighted by Gasteiger charge is 2.18. The standard InChI is InChI=1S/C17H24FN3O2/c1-14(22)21-12-10-20(11-13-21)9-7-17(23)19-8-6-15-2-4-16(18)5-3-15/h2-5H,6-13H2,1H3,(H,19,23). The molecule has 6 heteroatoms. The van der Waals surface area contributed by atoms with Crippen molar-refractivity contribution >= 4 is 11.8 Å². The van der Waals surface area contributed by atoms with E-state index in [4.69, 9.17) is 0 Å². The molecule has 2 amide bonds. The maximum absolute atomic E-state index is 12.8. The summed E-state index contributed by atoms with van der Waals surface area (Å²) in [5.74, 6) is -0.105. The highest BCUT2D eigenvalue weighted by Crippen LogP contribution is 2.04. The van der Waals surface area contributed by atoms with Gasteiger partial charge in [0.15, 0.2) is 0 Å². The molecule has 1 N–H and O–H groups in total. The molecule has 1 saturated heterocycles. The molecule has 5 nitrogen and oxygen atoms in total. The summed E-state index contributed by atoms with van der Waals surface area (Å²) in [6, 6.07) is 6.32. The Morgan fingerprint density at radius 3 is 2.39 bits per heavy atom. The van der Waals surface area contributed by atoms with Crippen LogP contribution in [0.4, 0.5) is 4.39 Å². The molecule has 0 unspecified atom stereocenters. The van der Waals surface area contributed by atoms with E-state index in [2.05, 4.69) is 10.2 Å². The lowest BCUT2D eigenvalue weighted by Crippen LogP contribution is -2.48. The second-order valence-corrected chi connectivity index (χ2v) is 5.82. The van der Waals surface area contributed by atoms with E-state index < -0.39 is 0 Å². The zero-order chi connectivity index (χ0) is 16.7. The largest absolute Gasteiger partial charge is 0.356 e. The normalized spacial score (nSPS) is 15.5. The van der Waals surface area contributed by atoms with Gasteiger partial charge in [-0.05, 0) is 24.1 Å². The second-order valence-electron chi connectivity index (χ2n) is 5.82. The molecule has 0 atom stereocenters. The molecule has 1 heterocycles. The van der Waals surface area contributed by atoms with Gasteiger partial charge in [-0.2, -0.15) is 0 Å². The van der Waals surface area contributed by atoms with Crippen LogP contribution in [0.3, 0.4) is 0 Å². The molecule has 1 fully saturated rings. The number of hydrogen-bond acceptors (Lipinski definition) is 3. The van der Waals surface area contributed by atoms with Crippen molar-refractivity contribution in [1.29, 1.82) is 0 Å². The number of rotatable bonds is 6. The van der Waals surface area contributed by atoms with Crippen molar-refractivity contribution in [2.45, 2.75) is 19.8 Å². The number of benzene rings is 1. The van der Waals surface area contributed by atoms with Crippen LogP contribution in [0.15, 0.2) is 24.3 Å². The Balaban J connectivity index is 1.58. The Morgan fingerprint density at radius 1 is 1.13 bits per heavy atom. The summed E-state index contributed by atoms with van der Waals surface area (Å²) in [7, 11) is 0. The molecule has 0 saturated carbocycles. The second kappa shape index (κ2) is 8.62. The average molecular weight is 321 g/mol. The fraction of sp³-hybridized carbons (Fsp3) is 0.529. The lowest BCUT2D eigenvalue weighted by atomic mass is 10.1. The van der Waals surface area contributed by atoms with Gasteiger partial charge in [-0.25, -0.2) is 4.39 Å². The first-order valence-electron chi connectivity index (χ1n) is 8.03. The summed E-state index contributed by atoms with van der Waals surface area (Å²) in [4.78, 5) is 27.1. The smallest absolute Gasteiger partial charge is 0.221 e. The zero-order valence-corrected chi connectivity index (χ0v) is 13.6. The SMILES string of the molecule is CC(=O)N1CCN(CCC(=O)NCCc2ccc(F)cc2)CC1. The van der Waals surface area contributed by atoms with Crippen LogP contribution in [-0.4, -0.2) is 60.9 Å². The summed E-state index contributed by atoms with van der Waals surface area (Å²) in [6.07, 6.45) is 1.16. The van der Waals surface area contributed by atoms with Gasteiger partial charge in [-0.1, -0.05) is 12.1 Å². The van der Waals surface area contributed by atoms with Crippen molar-refractivity contribution in [1.82, 2.24) is 15.1 Å². The first-order valence-corrected chi connectivity index (χ1v) is 8.03. The van der Waals surface area contributed by atoms with E-state index >= 15 is 0 Å². The molecule has 1 aromatic rings. The molecule has 1 aromatic carbocycles. The van der Waals surface area contributed by atoms with Gasteiger partial charge in [0.2, 0.25) is 11.8 Å². The van der Waals surface area contributed by atoms with Gasteiger partial charge in [-0.3, -0.25) is 14.5 Å². The molecule has 1 aliphatic heterocycles. The topological polar surface area (TPSA) is 52.7 Å². The summed E-state index contributed by atoms with van der Waals surface area (Å²) < 4.78 is 12.8. The molecule has 1 aliphatic rings. The van der Waals surface area contributed by atoms with Crippen molar-refractivity contribution in [2.24, 2.45) is 0 Å².